The Balaban J connectivity index is 1.81. The first kappa shape index (κ1) is 17.6. The second-order valence-electron chi connectivity index (χ2n) is 5.82. The highest BCUT2D eigenvalue weighted by Gasteiger charge is 2.29. The minimum Gasteiger partial charge on any atom is -0.459 e. The minimum absolute atomic E-state index is 0.0295. The van der Waals surface area contributed by atoms with Crippen LogP contribution >= 0.6 is 0 Å². The molecule has 6 heteroatoms. The van der Waals surface area contributed by atoms with Gasteiger partial charge < -0.3 is 10.2 Å². The van der Waals surface area contributed by atoms with Gasteiger partial charge in [-0.1, -0.05) is 36.4 Å². The molecular weight excluding hydrogens is 330 g/mol. The smallest absolute Gasteiger partial charge is 0.296 e. The molecule has 0 bridgehead atoms. The maximum absolute atomic E-state index is 12.9. The zero-order valence-corrected chi connectivity index (χ0v) is 14.1. The van der Waals surface area contributed by atoms with Crippen LogP contribution in [0.4, 0.5) is 0 Å². The topological polar surface area (TPSA) is 89.4 Å². The van der Waals surface area contributed by atoms with Crippen molar-refractivity contribution in [1.82, 2.24) is 9.88 Å². The summed E-state index contributed by atoms with van der Waals surface area (Å²) in [5.41, 5.74) is 7.62. The molecule has 6 nitrogen and oxygen atoms in total. The van der Waals surface area contributed by atoms with E-state index in [0.717, 1.165) is 10.5 Å². The van der Waals surface area contributed by atoms with Crippen molar-refractivity contribution >= 4 is 11.8 Å². The predicted molar refractivity (Wildman–Crippen MR) is 95.9 cm³/mol. The number of hydrogen-bond donors (Lipinski definition) is 1. The summed E-state index contributed by atoms with van der Waals surface area (Å²) in [5, 5.41) is 0. The van der Waals surface area contributed by atoms with Crippen LogP contribution in [0.15, 0.2) is 77.5 Å². The van der Waals surface area contributed by atoms with Gasteiger partial charge in [0.15, 0.2) is 5.76 Å². The molecule has 132 valence electrons. The van der Waals surface area contributed by atoms with E-state index < -0.39 is 17.9 Å². The predicted octanol–water partition coefficient (Wildman–Crippen LogP) is 2.41. The van der Waals surface area contributed by atoms with Crippen LogP contribution in [0, 0.1) is 0 Å². The van der Waals surface area contributed by atoms with Gasteiger partial charge in [-0.2, -0.15) is 0 Å². The molecule has 3 aromatic rings. The van der Waals surface area contributed by atoms with Crippen LogP contribution in [0.1, 0.15) is 21.8 Å². The molecule has 2 amide bonds. The molecule has 0 saturated carbocycles. The van der Waals surface area contributed by atoms with Crippen molar-refractivity contribution in [2.75, 3.05) is 0 Å². The Morgan fingerprint density at radius 3 is 2.46 bits per heavy atom. The van der Waals surface area contributed by atoms with Crippen molar-refractivity contribution in [1.29, 1.82) is 0 Å². The number of benzene rings is 1. The number of amides is 2. The van der Waals surface area contributed by atoms with Gasteiger partial charge in [0.1, 0.15) is 0 Å². The van der Waals surface area contributed by atoms with Gasteiger partial charge in [-0.25, -0.2) is 0 Å². The number of furan rings is 1. The molecule has 0 fully saturated rings. The fourth-order valence-electron chi connectivity index (χ4n) is 2.59. The molecule has 2 aromatic heterocycles. The molecule has 0 saturated heterocycles. The van der Waals surface area contributed by atoms with Gasteiger partial charge in [0, 0.05) is 6.20 Å². The molecule has 0 aliphatic heterocycles. The molecule has 2 heterocycles. The molecule has 1 unspecified atom stereocenters. The van der Waals surface area contributed by atoms with Crippen LogP contribution in [0.2, 0.25) is 0 Å². The Hall–Kier alpha value is -3.25. The Labute approximate surface area is 151 Å². The zero-order chi connectivity index (χ0) is 18.4. The van der Waals surface area contributed by atoms with Crippen molar-refractivity contribution in [2.45, 2.75) is 19.0 Å². The second-order valence-corrected chi connectivity index (χ2v) is 5.82. The highest BCUT2D eigenvalue weighted by atomic mass is 16.3. The number of carbonyl (C=O) groups excluding carboxylic acids is 2. The lowest BCUT2D eigenvalue weighted by molar-refractivity contribution is -0.130. The minimum atomic E-state index is -0.847. The fourth-order valence-corrected chi connectivity index (χ4v) is 2.59. The maximum Gasteiger partial charge on any atom is 0.296 e. The van der Waals surface area contributed by atoms with E-state index >= 15 is 0 Å². The van der Waals surface area contributed by atoms with Crippen molar-refractivity contribution in [3.63, 3.8) is 0 Å². The number of imide groups is 1. The van der Waals surface area contributed by atoms with E-state index in [2.05, 4.69) is 4.98 Å². The Morgan fingerprint density at radius 1 is 1.04 bits per heavy atom. The lowest BCUT2D eigenvalue weighted by Crippen LogP contribution is -2.47. The molecule has 1 aromatic carbocycles. The second kappa shape index (κ2) is 8.22. The number of aromatic nitrogens is 1. The Kier molecular flexibility index (Phi) is 5.56. The molecule has 0 aliphatic rings. The first-order chi connectivity index (χ1) is 12.6. The van der Waals surface area contributed by atoms with Crippen molar-refractivity contribution < 1.29 is 14.0 Å². The summed E-state index contributed by atoms with van der Waals surface area (Å²) in [4.78, 5) is 30.9. The maximum atomic E-state index is 12.9. The van der Waals surface area contributed by atoms with E-state index in [1.165, 1.54) is 12.3 Å². The first-order valence-electron chi connectivity index (χ1n) is 8.24. The third kappa shape index (κ3) is 4.23. The monoisotopic (exact) mass is 349 g/mol. The number of pyridine rings is 1. The number of nitrogens with zero attached hydrogens (tertiary/aromatic N) is 2. The van der Waals surface area contributed by atoms with E-state index in [0.29, 0.717) is 12.1 Å². The quantitative estimate of drug-likeness (QED) is 0.738. The van der Waals surface area contributed by atoms with E-state index in [-0.39, 0.29) is 12.3 Å². The highest BCUT2D eigenvalue weighted by Crippen LogP contribution is 2.13. The van der Waals surface area contributed by atoms with Gasteiger partial charge in [-0.3, -0.25) is 19.5 Å². The zero-order valence-electron chi connectivity index (χ0n) is 14.1. The highest BCUT2D eigenvalue weighted by molar-refractivity contribution is 6.04. The molecule has 26 heavy (non-hydrogen) atoms. The van der Waals surface area contributed by atoms with E-state index in [1.54, 1.807) is 30.5 Å². The Bertz CT molecular complexity index is 849. The summed E-state index contributed by atoms with van der Waals surface area (Å²) < 4.78 is 5.16. The van der Waals surface area contributed by atoms with Crippen LogP contribution < -0.4 is 5.73 Å². The SMILES string of the molecule is NC(Cc1ccccc1)C(=O)N(Cc1ccccn1)C(=O)c1ccco1. The van der Waals surface area contributed by atoms with E-state index in [9.17, 15) is 9.59 Å². The molecular formula is C20H19N3O3. The molecule has 0 aliphatic carbocycles. The van der Waals surface area contributed by atoms with Crippen LogP contribution in [-0.2, 0) is 17.8 Å². The van der Waals surface area contributed by atoms with Crippen LogP contribution in [0.25, 0.3) is 0 Å². The molecule has 1 atom stereocenters. The van der Waals surface area contributed by atoms with Gasteiger partial charge >= 0.3 is 0 Å². The largest absolute Gasteiger partial charge is 0.459 e. The lowest BCUT2D eigenvalue weighted by Gasteiger charge is -2.23. The molecule has 3 rings (SSSR count). The summed E-state index contributed by atoms with van der Waals surface area (Å²) >= 11 is 0. The molecule has 2 N–H and O–H groups in total. The number of carbonyl (C=O) groups is 2. The lowest BCUT2D eigenvalue weighted by atomic mass is 10.1. The summed E-state index contributed by atoms with van der Waals surface area (Å²) in [7, 11) is 0. The summed E-state index contributed by atoms with van der Waals surface area (Å²) in [6.07, 6.45) is 3.34. The van der Waals surface area contributed by atoms with Gasteiger partial charge in [0.2, 0.25) is 5.91 Å². The first-order valence-corrected chi connectivity index (χ1v) is 8.24. The number of rotatable bonds is 6. The average molecular weight is 349 g/mol. The molecule has 0 spiro atoms. The summed E-state index contributed by atoms with van der Waals surface area (Å²) in [5.74, 6) is -0.920. The standard InChI is InChI=1S/C20H19N3O3/c21-17(13-15-7-2-1-3-8-15)19(24)23(14-16-9-4-5-11-22-16)20(25)18-10-6-12-26-18/h1-12,17H,13-14,21H2. The van der Waals surface area contributed by atoms with Crippen molar-refractivity contribution in [3.8, 4) is 0 Å². The van der Waals surface area contributed by atoms with Gasteiger partial charge in [0.05, 0.1) is 24.5 Å². The third-order valence-corrected chi connectivity index (χ3v) is 3.91. The normalized spacial score (nSPS) is 11.7. The number of hydrogen-bond acceptors (Lipinski definition) is 5. The summed E-state index contributed by atoms with van der Waals surface area (Å²) in [6.45, 7) is 0.0295. The third-order valence-electron chi connectivity index (χ3n) is 3.91. The summed E-state index contributed by atoms with van der Waals surface area (Å²) in [6, 6.07) is 17.0. The van der Waals surface area contributed by atoms with Crippen LogP contribution in [0.3, 0.4) is 0 Å². The van der Waals surface area contributed by atoms with Crippen LogP contribution in [0.5, 0.6) is 0 Å². The molecule has 0 radical (unpaired) electrons. The van der Waals surface area contributed by atoms with Gasteiger partial charge in [0.25, 0.3) is 5.91 Å². The van der Waals surface area contributed by atoms with Gasteiger partial charge in [-0.15, -0.1) is 0 Å². The fraction of sp³-hybridized carbons (Fsp3) is 0.150. The van der Waals surface area contributed by atoms with Crippen LogP contribution in [-0.4, -0.2) is 27.7 Å². The van der Waals surface area contributed by atoms with Gasteiger partial charge in [-0.05, 0) is 36.2 Å². The van der Waals surface area contributed by atoms with E-state index in [1.807, 2.05) is 30.3 Å². The Morgan fingerprint density at radius 2 is 1.81 bits per heavy atom. The number of nitrogens with two attached hydrogens (primary N) is 1. The van der Waals surface area contributed by atoms with E-state index in [4.69, 9.17) is 10.2 Å². The van der Waals surface area contributed by atoms with Crippen molar-refractivity contribution in [3.05, 3.63) is 90.1 Å². The van der Waals surface area contributed by atoms with Crippen molar-refractivity contribution in [2.24, 2.45) is 5.73 Å². The average Bonchev–Trinajstić information content (AvgIpc) is 3.21.